The second-order valence-corrected chi connectivity index (χ2v) is 6.79. The van der Waals surface area contributed by atoms with Crippen LogP contribution in [0.5, 0.6) is 11.5 Å². The van der Waals surface area contributed by atoms with E-state index in [9.17, 15) is 23.4 Å². The summed E-state index contributed by atoms with van der Waals surface area (Å²) in [6.07, 6.45) is -4.52. The molecule has 3 nitrogen and oxygen atoms in total. The number of hydrogen-bond acceptors (Lipinski definition) is 3. The normalized spacial score (nSPS) is 11.5. The van der Waals surface area contributed by atoms with Gasteiger partial charge in [0.2, 0.25) is 0 Å². The van der Waals surface area contributed by atoms with Crippen molar-refractivity contribution >= 4 is 17.3 Å². The first-order valence-corrected chi connectivity index (χ1v) is 8.76. The van der Waals surface area contributed by atoms with E-state index in [4.69, 9.17) is 11.6 Å². The number of anilines is 1. The van der Waals surface area contributed by atoms with E-state index in [-0.39, 0.29) is 18.0 Å². The molecule has 0 fully saturated rings. The van der Waals surface area contributed by atoms with Crippen LogP contribution in [0.4, 0.5) is 18.9 Å². The van der Waals surface area contributed by atoms with Crippen LogP contribution in [0.2, 0.25) is 5.02 Å². The molecule has 0 aliphatic heterocycles. The summed E-state index contributed by atoms with van der Waals surface area (Å²) in [7, 11) is 0. The van der Waals surface area contributed by atoms with Crippen LogP contribution in [-0.2, 0) is 12.7 Å². The largest absolute Gasteiger partial charge is 0.507 e. The van der Waals surface area contributed by atoms with E-state index in [0.717, 1.165) is 22.8 Å². The molecule has 3 rings (SSSR count). The Morgan fingerprint density at radius 1 is 0.964 bits per heavy atom. The number of aryl methyl sites for hydroxylation is 1. The Bertz CT molecular complexity index is 1020. The summed E-state index contributed by atoms with van der Waals surface area (Å²) in [5.41, 5.74) is 2.26. The fourth-order valence-electron chi connectivity index (χ4n) is 3.02. The summed E-state index contributed by atoms with van der Waals surface area (Å²) in [6.45, 7) is 2.11. The lowest BCUT2D eigenvalue weighted by Crippen LogP contribution is -2.06. The number of phenols is 2. The summed E-state index contributed by atoms with van der Waals surface area (Å²) in [5, 5.41) is 23.6. The van der Waals surface area contributed by atoms with Crippen molar-refractivity contribution in [3.63, 3.8) is 0 Å². The molecule has 0 atom stereocenters. The van der Waals surface area contributed by atoms with Gasteiger partial charge in [-0.2, -0.15) is 13.2 Å². The molecule has 0 bridgehead atoms. The van der Waals surface area contributed by atoms with Crippen molar-refractivity contribution in [2.75, 3.05) is 5.32 Å². The van der Waals surface area contributed by atoms with Crippen LogP contribution >= 0.6 is 11.6 Å². The Labute approximate surface area is 165 Å². The highest BCUT2D eigenvalue weighted by Crippen LogP contribution is 2.38. The highest BCUT2D eigenvalue weighted by Gasteiger charge is 2.31. The van der Waals surface area contributed by atoms with Crippen molar-refractivity contribution in [1.29, 1.82) is 0 Å². The van der Waals surface area contributed by atoms with E-state index in [1.54, 1.807) is 12.1 Å². The smallest absolute Gasteiger partial charge is 0.416 e. The molecule has 146 valence electrons. The van der Waals surface area contributed by atoms with Gasteiger partial charge in [-0.05, 0) is 60.0 Å². The van der Waals surface area contributed by atoms with Crippen LogP contribution < -0.4 is 5.32 Å². The molecule has 3 aromatic rings. The van der Waals surface area contributed by atoms with Crippen molar-refractivity contribution in [3.8, 4) is 22.6 Å². The Morgan fingerprint density at radius 2 is 1.71 bits per heavy atom. The number of rotatable bonds is 4. The van der Waals surface area contributed by atoms with Crippen molar-refractivity contribution in [3.05, 3.63) is 76.3 Å². The van der Waals surface area contributed by atoms with Gasteiger partial charge in [-0.15, -0.1) is 0 Å². The number of benzene rings is 3. The molecular formula is C21H17ClF3NO2. The van der Waals surface area contributed by atoms with Crippen LogP contribution in [0.1, 0.15) is 16.7 Å². The van der Waals surface area contributed by atoms with Crippen LogP contribution in [0.25, 0.3) is 11.1 Å². The standard InChI is InChI=1S/C21H17ClF3NO2/c1-12-3-2-4-13(20(12)16-10-15(22)6-8-18(16)27)11-26-17-7-5-14(9-19(17)28)21(23,24)25/h2-10,26-28H,11H2,1H3. The SMILES string of the molecule is Cc1cccc(CNc2ccc(C(F)(F)F)cc2O)c1-c1cc(Cl)ccc1O. The van der Waals surface area contributed by atoms with Gasteiger partial charge in [0, 0.05) is 17.1 Å². The lowest BCUT2D eigenvalue weighted by molar-refractivity contribution is -0.137. The summed E-state index contributed by atoms with van der Waals surface area (Å²) in [4.78, 5) is 0. The molecule has 0 heterocycles. The minimum atomic E-state index is -4.52. The van der Waals surface area contributed by atoms with Gasteiger partial charge in [-0.3, -0.25) is 0 Å². The lowest BCUT2D eigenvalue weighted by Gasteiger charge is -2.17. The molecule has 0 saturated carbocycles. The predicted molar refractivity (Wildman–Crippen MR) is 104 cm³/mol. The zero-order chi connectivity index (χ0) is 20.5. The van der Waals surface area contributed by atoms with E-state index < -0.39 is 17.5 Å². The maximum atomic E-state index is 12.7. The van der Waals surface area contributed by atoms with Crippen molar-refractivity contribution in [1.82, 2.24) is 0 Å². The third-order valence-electron chi connectivity index (χ3n) is 4.38. The number of hydrogen-bond donors (Lipinski definition) is 3. The van der Waals surface area contributed by atoms with E-state index >= 15 is 0 Å². The molecular weight excluding hydrogens is 391 g/mol. The quantitative estimate of drug-likeness (QED) is 0.441. The fourth-order valence-corrected chi connectivity index (χ4v) is 3.19. The number of nitrogens with one attached hydrogen (secondary N) is 1. The minimum absolute atomic E-state index is 0.0670. The second-order valence-electron chi connectivity index (χ2n) is 6.35. The summed E-state index contributed by atoms with van der Waals surface area (Å²) in [5.74, 6) is -0.424. The van der Waals surface area contributed by atoms with E-state index in [0.29, 0.717) is 16.7 Å². The Balaban J connectivity index is 1.92. The third kappa shape index (κ3) is 4.17. The second kappa shape index (κ2) is 7.64. The molecule has 0 aromatic heterocycles. The highest BCUT2D eigenvalue weighted by molar-refractivity contribution is 6.31. The first kappa shape index (κ1) is 19.9. The highest BCUT2D eigenvalue weighted by atomic mass is 35.5. The molecule has 7 heteroatoms. The van der Waals surface area contributed by atoms with Crippen LogP contribution in [-0.4, -0.2) is 10.2 Å². The lowest BCUT2D eigenvalue weighted by atomic mass is 9.94. The molecule has 3 aromatic carbocycles. The molecule has 0 saturated heterocycles. The zero-order valence-electron chi connectivity index (χ0n) is 14.8. The Kier molecular flexibility index (Phi) is 5.42. The van der Waals surface area contributed by atoms with E-state index in [1.807, 2.05) is 25.1 Å². The van der Waals surface area contributed by atoms with Crippen LogP contribution in [0.15, 0.2) is 54.6 Å². The summed E-state index contributed by atoms with van der Waals surface area (Å²) < 4.78 is 38.2. The van der Waals surface area contributed by atoms with Crippen molar-refractivity contribution in [2.24, 2.45) is 0 Å². The minimum Gasteiger partial charge on any atom is -0.507 e. The monoisotopic (exact) mass is 407 g/mol. The number of halogens is 4. The van der Waals surface area contributed by atoms with Gasteiger partial charge in [-0.25, -0.2) is 0 Å². The summed E-state index contributed by atoms with van der Waals surface area (Å²) >= 11 is 6.07. The van der Waals surface area contributed by atoms with Crippen LogP contribution in [0.3, 0.4) is 0 Å². The molecule has 0 radical (unpaired) electrons. The predicted octanol–water partition coefficient (Wildman–Crippen LogP) is 6.36. The molecule has 0 aliphatic rings. The van der Waals surface area contributed by atoms with E-state index in [2.05, 4.69) is 5.32 Å². The van der Waals surface area contributed by atoms with Gasteiger partial charge in [0.05, 0.1) is 11.3 Å². The van der Waals surface area contributed by atoms with Gasteiger partial charge < -0.3 is 15.5 Å². The van der Waals surface area contributed by atoms with Crippen molar-refractivity contribution in [2.45, 2.75) is 19.6 Å². The zero-order valence-corrected chi connectivity index (χ0v) is 15.6. The number of phenolic OH excluding ortho intramolecular Hbond substituents is 2. The average molecular weight is 408 g/mol. The first-order valence-electron chi connectivity index (χ1n) is 8.38. The summed E-state index contributed by atoms with van der Waals surface area (Å²) in [6, 6.07) is 13.1. The Morgan fingerprint density at radius 3 is 2.39 bits per heavy atom. The van der Waals surface area contributed by atoms with Gasteiger partial charge in [-0.1, -0.05) is 29.8 Å². The van der Waals surface area contributed by atoms with Crippen molar-refractivity contribution < 1.29 is 23.4 Å². The topological polar surface area (TPSA) is 52.5 Å². The number of aromatic hydroxyl groups is 2. The number of alkyl halides is 3. The van der Waals surface area contributed by atoms with Gasteiger partial charge in [0.1, 0.15) is 11.5 Å². The molecule has 0 spiro atoms. The maximum Gasteiger partial charge on any atom is 0.416 e. The van der Waals surface area contributed by atoms with E-state index in [1.165, 1.54) is 12.1 Å². The Hall–Kier alpha value is -2.86. The maximum absolute atomic E-state index is 12.7. The molecule has 0 amide bonds. The first-order chi connectivity index (χ1) is 13.2. The fraction of sp³-hybridized carbons (Fsp3) is 0.143. The molecule has 0 aliphatic carbocycles. The average Bonchev–Trinajstić information content (AvgIpc) is 2.62. The molecule has 3 N–H and O–H groups in total. The van der Waals surface area contributed by atoms with Gasteiger partial charge in [0.15, 0.2) is 0 Å². The molecule has 28 heavy (non-hydrogen) atoms. The van der Waals surface area contributed by atoms with Crippen LogP contribution in [0, 0.1) is 6.92 Å². The van der Waals surface area contributed by atoms with Gasteiger partial charge >= 0.3 is 6.18 Å². The molecule has 0 unspecified atom stereocenters. The third-order valence-corrected chi connectivity index (χ3v) is 4.62. The van der Waals surface area contributed by atoms with Gasteiger partial charge in [0.25, 0.3) is 0 Å².